The first-order chi connectivity index (χ1) is 11.1. The van der Waals surface area contributed by atoms with E-state index in [1.54, 1.807) is 0 Å². The highest BCUT2D eigenvalue weighted by Crippen LogP contribution is 2.34. The molecular weight excluding hydrogens is 353 g/mol. The van der Waals surface area contributed by atoms with Crippen LogP contribution in [-0.4, -0.2) is 33.3 Å². The summed E-state index contributed by atoms with van der Waals surface area (Å²) < 4.78 is 68.4. The standard InChI is InChI=1S/C14H9F3O6S/c1-22-13(19)12-10-4-2-3-8(7-18)9(10)5-6-11(12)23-24(20,21)14(15,16)17/h2-7H,1H3. The molecule has 128 valence electrons. The second-order valence-electron chi connectivity index (χ2n) is 4.47. The van der Waals surface area contributed by atoms with Gasteiger partial charge in [0.2, 0.25) is 0 Å². The van der Waals surface area contributed by atoms with Crippen LogP contribution in [0.2, 0.25) is 0 Å². The molecule has 0 unspecified atom stereocenters. The van der Waals surface area contributed by atoms with E-state index in [0.717, 1.165) is 13.2 Å². The molecule has 0 fully saturated rings. The van der Waals surface area contributed by atoms with Crippen LogP contribution in [-0.2, 0) is 14.9 Å². The highest BCUT2D eigenvalue weighted by Gasteiger charge is 2.49. The minimum atomic E-state index is -5.98. The second-order valence-corrected chi connectivity index (χ2v) is 6.01. The van der Waals surface area contributed by atoms with Gasteiger partial charge < -0.3 is 8.92 Å². The van der Waals surface area contributed by atoms with Crippen LogP contribution in [0.4, 0.5) is 13.2 Å². The van der Waals surface area contributed by atoms with Crippen molar-refractivity contribution in [3.63, 3.8) is 0 Å². The number of carbonyl (C=O) groups is 2. The number of alkyl halides is 3. The Morgan fingerprint density at radius 1 is 1.12 bits per heavy atom. The fourth-order valence-electron chi connectivity index (χ4n) is 2.01. The highest BCUT2D eigenvalue weighted by atomic mass is 32.2. The predicted octanol–water partition coefficient (Wildman–Crippen LogP) is 2.67. The maximum Gasteiger partial charge on any atom is 0.534 e. The number of esters is 1. The molecule has 0 aliphatic rings. The summed E-state index contributed by atoms with van der Waals surface area (Å²) >= 11 is 0. The third-order valence-electron chi connectivity index (χ3n) is 3.06. The first-order valence-electron chi connectivity index (χ1n) is 6.22. The lowest BCUT2D eigenvalue weighted by atomic mass is 10.00. The van der Waals surface area contributed by atoms with Crippen molar-refractivity contribution < 1.29 is 40.1 Å². The molecule has 0 N–H and O–H groups in total. The van der Waals surface area contributed by atoms with Crippen LogP contribution < -0.4 is 4.18 Å². The van der Waals surface area contributed by atoms with E-state index in [4.69, 9.17) is 0 Å². The predicted molar refractivity (Wildman–Crippen MR) is 76.3 cm³/mol. The number of hydrogen-bond acceptors (Lipinski definition) is 6. The maximum atomic E-state index is 12.5. The number of carbonyl (C=O) groups excluding carboxylic acids is 2. The number of rotatable bonds is 4. The van der Waals surface area contributed by atoms with E-state index >= 15 is 0 Å². The van der Waals surface area contributed by atoms with Gasteiger partial charge >= 0.3 is 21.6 Å². The van der Waals surface area contributed by atoms with E-state index in [-0.39, 0.29) is 16.3 Å². The van der Waals surface area contributed by atoms with E-state index in [2.05, 4.69) is 8.92 Å². The van der Waals surface area contributed by atoms with Gasteiger partial charge in [0.05, 0.1) is 7.11 Å². The molecule has 0 aliphatic heterocycles. The van der Waals surface area contributed by atoms with Gasteiger partial charge in [-0.3, -0.25) is 4.79 Å². The normalized spacial score (nSPS) is 12.0. The lowest BCUT2D eigenvalue weighted by Crippen LogP contribution is -2.28. The third kappa shape index (κ3) is 3.04. The molecule has 2 aromatic rings. The molecule has 2 aromatic carbocycles. The number of fused-ring (bicyclic) bond motifs is 1. The molecular formula is C14H9F3O6S. The molecule has 24 heavy (non-hydrogen) atoms. The van der Waals surface area contributed by atoms with E-state index in [0.29, 0.717) is 6.29 Å². The van der Waals surface area contributed by atoms with Crippen molar-refractivity contribution >= 4 is 33.1 Å². The molecule has 0 spiro atoms. The Hall–Kier alpha value is -2.62. The van der Waals surface area contributed by atoms with Gasteiger partial charge in [-0.15, -0.1) is 0 Å². The van der Waals surface area contributed by atoms with Gasteiger partial charge in [0.15, 0.2) is 12.0 Å². The topological polar surface area (TPSA) is 86.7 Å². The van der Waals surface area contributed by atoms with Gasteiger partial charge in [-0.2, -0.15) is 21.6 Å². The van der Waals surface area contributed by atoms with Crippen molar-refractivity contribution in [1.29, 1.82) is 0 Å². The van der Waals surface area contributed by atoms with Crippen LogP contribution >= 0.6 is 0 Å². The largest absolute Gasteiger partial charge is 0.534 e. The smallest absolute Gasteiger partial charge is 0.465 e. The average molecular weight is 362 g/mol. The van der Waals surface area contributed by atoms with Crippen LogP contribution in [0, 0.1) is 0 Å². The molecule has 0 amide bonds. The van der Waals surface area contributed by atoms with Gasteiger partial charge in [-0.05, 0) is 17.5 Å². The fourth-order valence-corrected chi connectivity index (χ4v) is 2.48. The van der Waals surface area contributed by atoms with Crippen LogP contribution in [0.5, 0.6) is 5.75 Å². The minimum Gasteiger partial charge on any atom is -0.465 e. The first-order valence-corrected chi connectivity index (χ1v) is 7.63. The molecule has 0 aromatic heterocycles. The molecule has 0 atom stereocenters. The summed E-state index contributed by atoms with van der Waals surface area (Å²) in [5.41, 5.74) is -6.05. The number of aldehydes is 1. The Labute approximate surface area is 133 Å². The number of benzene rings is 2. The van der Waals surface area contributed by atoms with Crippen molar-refractivity contribution in [2.45, 2.75) is 5.51 Å². The molecule has 0 bridgehead atoms. The van der Waals surface area contributed by atoms with Gasteiger partial charge in [-0.25, -0.2) is 4.79 Å². The van der Waals surface area contributed by atoms with Crippen molar-refractivity contribution in [2.75, 3.05) is 7.11 Å². The third-order valence-corrected chi connectivity index (χ3v) is 4.02. The summed E-state index contributed by atoms with van der Waals surface area (Å²) in [6.07, 6.45) is 0.483. The summed E-state index contributed by atoms with van der Waals surface area (Å²) in [4.78, 5) is 22.9. The zero-order valence-corrected chi connectivity index (χ0v) is 12.8. The second kappa shape index (κ2) is 6.11. The number of hydrogen-bond donors (Lipinski definition) is 0. The molecule has 0 saturated carbocycles. The Balaban J connectivity index is 2.76. The van der Waals surface area contributed by atoms with E-state index < -0.39 is 32.9 Å². The summed E-state index contributed by atoms with van der Waals surface area (Å²) in [7, 11) is -5.01. The summed E-state index contributed by atoms with van der Waals surface area (Å²) in [5.74, 6) is -1.97. The van der Waals surface area contributed by atoms with E-state index in [1.807, 2.05) is 0 Å². The Morgan fingerprint density at radius 2 is 1.79 bits per heavy atom. The number of methoxy groups -OCH3 is 1. The molecule has 2 rings (SSSR count). The molecule has 0 heterocycles. The van der Waals surface area contributed by atoms with Gasteiger partial charge in [0.25, 0.3) is 0 Å². The molecule has 0 aliphatic carbocycles. The number of halogens is 3. The van der Waals surface area contributed by atoms with Crippen molar-refractivity contribution in [3.8, 4) is 5.75 Å². The fraction of sp³-hybridized carbons (Fsp3) is 0.143. The van der Waals surface area contributed by atoms with E-state index in [9.17, 15) is 31.2 Å². The maximum absolute atomic E-state index is 12.5. The van der Waals surface area contributed by atoms with Crippen molar-refractivity contribution in [2.24, 2.45) is 0 Å². The lowest BCUT2D eigenvalue weighted by Gasteiger charge is -2.14. The first kappa shape index (κ1) is 17.7. The van der Waals surface area contributed by atoms with Crippen molar-refractivity contribution in [1.82, 2.24) is 0 Å². The Morgan fingerprint density at radius 3 is 2.33 bits per heavy atom. The summed E-state index contributed by atoms with van der Waals surface area (Å²) in [6.45, 7) is 0. The average Bonchev–Trinajstić information content (AvgIpc) is 2.51. The van der Waals surface area contributed by atoms with Gasteiger partial charge in [0.1, 0.15) is 5.56 Å². The molecule has 0 radical (unpaired) electrons. The Kier molecular flexibility index (Phi) is 4.52. The number of ether oxygens (including phenoxy) is 1. The highest BCUT2D eigenvalue weighted by molar-refractivity contribution is 7.88. The molecule has 6 nitrogen and oxygen atoms in total. The summed E-state index contributed by atoms with van der Waals surface area (Å²) in [5, 5.41) is 0.242. The van der Waals surface area contributed by atoms with Gasteiger partial charge in [0, 0.05) is 10.9 Å². The molecule has 10 heteroatoms. The zero-order valence-electron chi connectivity index (χ0n) is 12.0. The van der Waals surface area contributed by atoms with Gasteiger partial charge in [-0.1, -0.05) is 18.2 Å². The van der Waals surface area contributed by atoms with Crippen LogP contribution in [0.3, 0.4) is 0 Å². The lowest BCUT2D eigenvalue weighted by molar-refractivity contribution is -0.0500. The monoisotopic (exact) mass is 362 g/mol. The van der Waals surface area contributed by atoms with Crippen LogP contribution in [0.1, 0.15) is 20.7 Å². The van der Waals surface area contributed by atoms with Crippen LogP contribution in [0.25, 0.3) is 10.8 Å². The quantitative estimate of drug-likeness (QED) is 0.360. The molecule has 0 saturated heterocycles. The summed E-state index contributed by atoms with van der Waals surface area (Å²) in [6, 6.07) is 6.14. The van der Waals surface area contributed by atoms with Crippen molar-refractivity contribution in [3.05, 3.63) is 41.5 Å². The Bertz CT molecular complexity index is 918. The van der Waals surface area contributed by atoms with E-state index in [1.165, 1.54) is 24.3 Å². The minimum absolute atomic E-state index is 0.0151. The SMILES string of the molecule is COC(=O)c1c(OS(=O)(=O)C(F)(F)F)ccc2c(C=O)cccc12. The van der Waals surface area contributed by atoms with Crippen LogP contribution in [0.15, 0.2) is 30.3 Å². The zero-order chi connectivity index (χ0) is 18.1.